The molecule has 2 aromatic rings. The maximum absolute atomic E-state index is 12.1. The lowest BCUT2D eigenvalue weighted by Crippen LogP contribution is -2.25. The van der Waals surface area contributed by atoms with E-state index in [0.29, 0.717) is 36.0 Å². The fraction of sp³-hybridized carbons (Fsp3) is 0.375. The summed E-state index contributed by atoms with van der Waals surface area (Å²) in [6.45, 7) is 2.69. The zero-order valence-electron chi connectivity index (χ0n) is 14.1. The molecule has 1 aromatic heterocycles. The molecule has 9 heteroatoms. The van der Waals surface area contributed by atoms with Crippen LogP contribution in [0.2, 0.25) is 0 Å². The summed E-state index contributed by atoms with van der Waals surface area (Å²) in [7, 11) is 1.55. The van der Waals surface area contributed by atoms with Crippen LogP contribution in [0.25, 0.3) is 0 Å². The van der Waals surface area contributed by atoms with Gasteiger partial charge in [0, 0.05) is 25.1 Å². The number of aromatic nitrogens is 2. The minimum absolute atomic E-state index is 0.0119. The molecule has 0 saturated carbocycles. The van der Waals surface area contributed by atoms with Crippen LogP contribution in [0, 0.1) is 0 Å². The van der Waals surface area contributed by atoms with Crippen molar-refractivity contribution in [3.05, 3.63) is 34.8 Å². The van der Waals surface area contributed by atoms with E-state index in [1.54, 1.807) is 31.4 Å². The predicted molar refractivity (Wildman–Crippen MR) is 94.1 cm³/mol. The summed E-state index contributed by atoms with van der Waals surface area (Å²) < 4.78 is 10.1. The highest BCUT2D eigenvalue weighted by Gasteiger charge is 2.10. The largest absolute Gasteiger partial charge is 0.497 e. The molecule has 8 nitrogen and oxygen atoms in total. The molecule has 0 aliphatic rings. The van der Waals surface area contributed by atoms with E-state index in [0.717, 1.165) is 5.01 Å². The van der Waals surface area contributed by atoms with E-state index >= 15 is 0 Å². The second-order valence-electron chi connectivity index (χ2n) is 4.92. The van der Waals surface area contributed by atoms with Gasteiger partial charge in [0.1, 0.15) is 17.4 Å². The quantitative estimate of drug-likeness (QED) is 0.699. The van der Waals surface area contributed by atoms with Gasteiger partial charge in [0.05, 0.1) is 7.11 Å². The maximum atomic E-state index is 12.1. The highest BCUT2D eigenvalue weighted by Crippen LogP contribution is 2.15. The summed E-state index contributed by atoms with van der Waals surface area (Å²) in [6, 6.07) is 6.93. The first kappa shape index (κ1) is 18.8. The summed E-state index contributed by atoms with van der Waals surface area (Å²) in [6.07, 6.45) is 0.523. The number of rotatable bonds is 9. The number of hydrogen-bond donors (Lipinski definition) is 2. The molecule has 0 bridgehead atoms. The highest BCUT2D eigenvalue weighted by atomic mass is 32.1. The monoisotopic (exact) mass is 364 g/mol. The zero-order valence-corrected chi connectivity index (χ0v) is 14.9. The van der Waals surface area contributed by atoms with E-state index < -0.39 is 0 Å². The van der Waals surface area contributed by atoms with Gasteiger partial charge in [-0.05, 0) is 25.1 Å². The van der Waals surface area contributed by atoms with E-state index in [2.05, 4.69) is 20.8 Å². The lowest BCUT2D eigenvalue weighted by atomic mass is 10.2. The van der Waals surface area contributed by atoms with Gasteiger partial charge in [-0.25, -0.2) is 0 Å². The van der Waals surface area contributed by atoms with Crippen molar-refractivity contribution in [2.24, 2.45) is 0 Å². The van der Waals surface area contributed by atoms with Crippen molar-refractivity contribution < 1.29 is 19.1 Å². The molecule has 0 atom stereocenters. The number of amides is 2. The van der Waals surface area contributed by atoms with Gasteiger partial charge in [0.25, 0.3) is 11.8 Å². The molecule has 0 aliphatic carbocycles. The fourth-order valence-electron chi connectivity index (χ4n) is 1.90. The SMILES string of the molecule is CCOCC(=O)Nc1nnc(CCNC(=O)c2cccc(OC)c2)s1. The van der Waals surface area contributed by atoms with Gasteiger partial charge in [0.2, 0.25) is 5.13 Å². The third-order valence-electron chi connectivity index (χ3n) is 3.11. The molecule has 0 aliphatic heterocycles. The van der Waals surface area contributed by atoms with Gasteiger partial charge in [-0.1, -0.05) is 17.4 Å². The van der Waals surface area contributed by atoms with Crippen LogP contribution in [0.4, 0.5) is 5.13 Å². The standard InChI is InChI=1S/C16H20N4O4S/c1-3-24-10-13(21)18-16-20-19-14(25-16)7-8-17-15(22)11-5-4-6-12(9-11)23-2/h4-6,9H,3,7-8,10H2,1-2H3,(H,17,22)(H,18,20,21). The van der Waals surface area contributed by atoms with Gasteiger partial charge < -0.3 is 14.8 Å². The molecule has 2 rings (SSSR count). The van der Waals surface area contributed by atoms with Crippen molar-refractivity contribution >= 4 is 28.3 Å². The van der Waals surface area contributed by atoms with E-state index in [-0.39, 0.29) is 18.4 Å². The second-order valence-corrected chi connectivity index (χ2v) is 5.99. The van der Waals surface area contributed by atoms with Gasteiger partial charge in [-0.3, -0.25) is 14.9 Å². The molecule has 0 fully saturated rings. The third-order valence-corrected chi connectivity index (χ3v) is 4.01. The highest BCUT2D eigenvalue weighted by molar-refractivity contribution is 7.15. The van der Waals surface area contributed by atoms with Crippen molar-refractivity contribution in [3.63, 3.8) is 0 Å². The van der Waals surface area contributed by atoms with Crippen LogP contribution in [0.5, 0.6) is 5.75 Å². The topological polar surface area (TPSA) is 102 Å². The van der Waals surface area contributed by atoms with E-state index in [9.17, 15) is 9.59 Å². The molecule has 2 amide bonds. The van der Waals surface area contributed by atoms with Gasteiger partial charge >= 0.3 is 0 Å². The molecular weight excluding hydrogens is 344 g/mol. The molecule has 25 heavy (non-hydrogen) atoms. The number of ether oxygens (including phenoxy) is 2. The van der Waals surface area contributed by atoms with Crippen LogP contribution < -0.4 is 15.4 Å². The fourth-order valence-corrected chi connectivity index (χ4v) is 2.66. The maximum Gasteiger partial charge on any atom is 0.252 e. The second kappa shape index (κ2) is 9.70. The van der Waals surface area contributed by atoms with Crippen LogP contribution in [0.1, 0.15) is 22.3 Å². The molecular formula is C16H20N4O4S. The summed E-state index contributed by atoms with van der Waals surface area (Å²) in [5.74, 6) is 0.175. The average Bonchev–Trinajstić information content (AvgIpc) is 3.07. The lowest BCUT2D eigenvalue weighted by Gasteiger charge is -2.05. The Morgan fingerprint density at radius 2 is 2.12 bits per heavy atom. The number of hydrogen-bond acceptors (Lipinski definition) is 7. The van der Waals surface area contributed by atoms with Crippen LogP contribution in [-0.2, 0) is 16.0 Å². The van der Waals surface area contributed by atoms with E-state index in [4.69, 9.17) is 9.47 Å². The van der Waals surface area contributed by atoms with Crippen LogP contribution in [0.3, 0.4) is 0 Å². The Morgan fingerprint density at radius 3 is 2.88 bits per heavy atom. The zero-order chi connectivity index (χ0) is 18.1. The molecule has 0 spiro atoms. The Morgan fingerprint density at radius 1 is 1.28 bits per heavy atom. The predicted octanol–water partition coefficient (Wildman–Crippen LogP) is 1.49. The van der Waals surface area contributed by atoms with Crippen LogP contribution in [-0.4, -0.2) is 48.9 Å². The molecule has 2 N–H and O–H groups in total. The number of anilines is 1. The summed E-state index contributed by atoms with van der Waals surface area (Å²) >= 11 is 1.27. The number of carbonyl (C=O) groups is 2. The van der Waals surface area contributed by atoms with Gasteiger partial charge in [0.15, 0.2) is 0 Å². The number of nitrogens with one attached hydrogen (secondary N) is 2. The molecule has 0 unspecified atom stereocenters. The van der Waals surface area contributed by atoms with Crippen molar-refractivity contribution in [1.29, 1.82) is 0 Å². The number of methoxy groups -OCH3 is 1. The third kappa shape index (κ3) is 6.12. The van der Waals surface area contributed by atoms with E-state index in [1.807, 2.05) is 6.92 Å². The Kier molecular flexibility index (Phi) is 7.30. The first-order valence-electron chi connectivity index (χ1n) is 7.74. The van der Waals surface area contributed by atoms with Crippen molar-refractivity contribution in [2.45, 2.75) is 13.3 Å². The molecule has 0 radical (unpaired) electrons. The minimum Gasteiger partial charge on any atom is -0.497 e. The number of carbonyl (C=O) groups excluding carboxylic acids is 2. The average molecular weight is 364 g/mol. The normalized spacial score (nSPS) is 10.3. The summed E-state index contributed by atoms with van der Waals surface area (Å²) in [5, 5.41) is 14.4. The first-order valence-corrected chi connectivity index (χ1v) is 8.56. The summed E-state index contributed by atoms with van der Waals surface area (Å²) in [4.78, 5) is 23.6. The number of benzene rings is 1. The molecule has 0 saturated heterocycles. The van der Waals surface area contributed by atoms with Crippen molar-refractivity contribution in [3.8, 4) is 5.75 Å². The minimum atomic E-state index is -0.268. The van der Waals surface area contributed by atoms with Crippen molar-refractivity contribution in [1.82, 2.24) is 15.5 Å². The van der Waals surface area contributed by atoms with Crippen molar-refractivity contribution in [2.75, 3.05) is 32.2 Å². The smallest absolute Gasteiger partial charge is 0.252 e. The van der Waals surface area contributed by atoms with Gasteiger partial charge in [-0.15, -0.1) is 10.2 Å². The van der Waals surface area contributed by atoms with Crippen LogP contribution in [0.15, 0.2) is 24.3 Å². The lowest BCUT2D eigenvalue weighted by molar-refractivity contribution is -0.120. The first-order chi connectivity index (χ1) is 12.1. The Hall–Kier alpha value is -2.52. The molecule has 134 valence electrons. The Bertz CT molecular complexity index is 720. The molecule has 1 aromatic carbocycles. The Labute approximate surface area is 149 Å². The Balaban J connectivity index is 1.78. The van der Waals surface area contributed by atoms with Crippen LogP contribution >= 0.6 is 11.3 Å². The van der Waals surface area contributed by atoms with Gasteiger partial charge in [-0.2, -0.15) is 0 Å². The number of nitrogens with zero attached hydrogens (tertiary/aromatic N) is 2. The van der Waals surface area contributed by atoms with E-state index in [1.165, 1.54) is 11.3 Å². The summed E-state index contributed by atoms with van der Waals surface area (Å²) in [5.41, 5.74) is 0.528. The molecule has 1 heterocycles.